The number of halogens is 3. The van der Waals surface area contributed by atoms with E-state index in [0.717, 1.165) is 25.7 Å². The Kier molecular flexibility index (Phi) is 6.38. The van der Waals surface area contributed by atoms with E-state index in [9.17, 15) is 18.3 Å². The quantitative estimate of drug-likeness (QED) is 0.696. The van der Waals surface area contributed by atoms with Crippen LogP contribution in [0.15, 0.2) is 0 Å². The van der Waals surface area contributed by atoms with E-state index in [4.69, 9.17) is 0 Å². The molecule has 3 nitrogen and oxygen atoms in total. The molecule has 18 heavy (non-hydrogen) atoms. The second-order valence-electron chi connectivity index (χ2n) is 4.95. The van der Waals surface area contributed by atoms with E-state index in [0.29, 0.717) is 13.0 Å². The zero-order chi connectivity index (χ0) is 13.5. The third-order valence-electron chi connectivity index (χ3n) is 3.34. The summed E-state index contributed by atoms with van der Waals surface area (Å²) in [5, 5.41) is 12.7. The first-order valence-electron chi connectivity index (χ1n) is 6.48. The van der Waals surface area contributed by atoms with Crippen molar-refractivity contribution < 1.29 is 23.0 Å². The molecule has 1 aliphatic carbocycles. The minimum Gasteiger partial charge on any atom is -0.394 e. The number of hydrogen-bond acceptors (Lipinski definition) is 3. The Hall–Kier alpha value is -0.330. The molecule has 0 aliphatic heterocycles. The highest BCUT2D eigenvalue weighted by Crippen LogP contribution is 2.27. The van der Waals surface area contributed by atoms with Crippen molar-refractivity contribution in [2.24, 2.45) is 0 Å². The van der Waals surface area contributed by atoms with Gasteiger partial charge in [-0.05, 0) is 25.8 Å². The van der Waals surface area contributed by atoms with Gasteiger partial charge in [0.2, 0.25) is 0 Å². The van der Waals surface area contributed by atoms with Gasteiger partial charge in [0.1, 0.15) is 6.61 Å². The first kappa shape index (κ1) is 15.7. The number of nitrogens with one attached hydrogen (secondary N) is 1. The van der Waals surface area contributed by atoms with E-state index >= 15 is 0 Å². The van der Waals surface area contributed by atoms with Gasteiger partial charge in [0, 0.05) is 12.1 Å². The lowest BCUT2D eigenvalue weighted by Gasteiger charge is -2.36. The number of aliphatic hydroxyl groups excluding tert-OH is 1. The van der Waals surface area contributed by atoms with Crippen LogP contribution >= 0.6 is 0 Å². The molecule has 0 atom stereocenters. The Balaban J connectivity index is 2.09. The molecule has 1 rings (SSSR count). The van der Waals surface area contributed by atoms with Gasteiger partial charge in [0.05, 0.1) is 6.61 Å². The molecule has 0 radical (unpaired) electrons. The third-order valence-corrected chi connectivity index (χ3v) is 3.34. The maximum atomic E-state index is 11.8. The molecule has 0 unspecified atom stereocenters. The van der Waals surface area contributed by atoms with Crippen molar-refractivity contribution in [3.63, 3.8) is 0 Å². The van der Waals surface area contributed by atoms with Crippen LogP contribution in [0, 0.1) is 0 Å². The Morgan fingerprint density at radius 3 is 2.39 bits per heavy atom. The Morgan fingerprint density at radius 1 is 1.17 bits per heavy atom. The summed E-state index contributed by atoms with van der Waals surface area (Å²) in [4.78, 5) is 0. The molecular formula is C12H22F3NO2. The van der Waals surface area contributed by atoms with E-state index in [1.54, 1.807) is 0 Å². The van der Waals surface area contributed by atoms with Gasteiger partial charge in [-0.15, -0.1) is 0 Å². The molecule has 1 fully saturated rings. The maximum Gasteiger partial charge on any atom is 0.411 e. The number of hydrogen-bond donors (Lipinski definition) is 2. The highest BCUT2D eigenvalue weighted by molar-refractivity contribution is 4.89. The van der Waals surface area contributed by atoms with E-state index in [1.165, 1.54) is 6.42 Å². The first-order chi connectivity index (χ1) is 8.47. The van der Waals surface area contributed by atoms with Gasteiger partial charge in [-0.2, -0.15) is 13.2 Å². The topological polar surface area (TPSA) is 41.5 Å². The Labute approximate surface area is 106 Å². The van der Waals surface area contributed by atoms with Crippen LogP contribution in [0.4, 0.5) is 13.2 Å². The molecule has 0 bridgehead atoms. The SMILES string of the molecule is OCC1(NCCCOCC(F)(F)F)CCCCC1. The average molecular weight is 269 g/mol. The molecule has 0 amide bonds. The van der Waals surface area contributed by atoms with Crippen molar-refractivity contribution in [3.8, 4) is 0 Å². The maximum absolute atomic E-state index is 11.8. The van der Waals surface area contributed by atoms with Crippen LogP contribution in [0.2, 0.25) is 0 Å². The van der Waals surface area contributed by atoms with Crippen molar-refractivity contribution in [1.82, 2.24) is 5.32 Å². The van der Waals surface area contributed by atoms with Crippen LogP contribution in [0.25, 0.3) is 0 Å². The molecule has 2 N–H and O–H groups in total. The summed E-state index contributed by atoms with van der Waals surface area (Å²) >= 11 is 0. The minimum absolute atomic E-state index is 0.0913. The largest absolute Gasteiger partial charge is 0.411 e. The van der Waals surface area contributed by atoms with Gasteiger partial charge in [-0.3, -0.25) is 0 Å². The van der Waals surface area contributed by atoms with E-state index in [-0.39, 0.29) is 18.8 Å². The lowest BCUT2D eigenvalue weighted by atomic mass is 9.82. The summed E-state index contributed by atoms with van der Waals surface area (Å²) in [5.41, 5.74) is -0.220. The molecule has 1 aliphatic rings. The molecule has 108 valence electrons. The molecule has 0 saturated heterocycles. The zero-order valence-electron chi connectivity index (χ0n) is 10.6. The molecule has 1 saturated carbocycles. The van der Waals surface area contributed by atoms with Gasteiger partial charge in [0.15, 0.2) is 0 Å². The highest BCUT2D eigenvalue weighted by atomic mass is 19.4. The van der Waals surface area contributed by atoms with Gasteiger partial charge in [-0.25, -0.2) is 0 Å². The molecule has 0 heterocycles. The van der Waals surface area contributed by atoms with Crippen molar-refractivity contribution >= 4 is 0 Å². The summed E-state index contributed by atoms with van der Waals surface area (Å²) in [6.45, 7) is -0.416. The van der Waals surface area contributed by atoms with Crippen molar-refractivity contribution in [2.75, 3.05) is 26.4 Å². The van der Waals surface area contributed by atoms with E-state index in [1.807, 2.05) is 0 Å². The number of aliphatic hydroxyl groups is 1. The molecule has 0 aromatic heterocycles. The molecule has 0 spiro atoms. The fraction of sp³-hybridized carbons (Fsp3) is 1.00. The third kappa shape index (κ3) is 6.02. The van der Waals surface area contributed by atoms with Crippen LogP contribution in [-0.2, 0) is 4.74 Å². The molecule has 0 aromatic carbocycles. The first-order valence-corrected chi connectivity index (χ1v) is 6.48. The number of ether oxygens (including phenoxy) is 1. The summed E-state index contributed by atoms with van der Waals surface area (Å²) in [6, 6.07) is 0. The monoisotopic (exact) mass is 269 g/mol. The number of alkyl halides is 3. The highest BCUT2D eigenvalue weighted by Gasteiger charge is 2.30. The molecule has 0 aromatic rings. The smallest absolute Gasteiger partial charge is 0.394 e. The standard InChI is InChI=1S/C12H22F3NO2/c13-12(14,15)10-18-8-4-7-16-11(9-17)5-2-1-3-6-11/h16-17H,1-10H2. The second-order valence-corrected chi connectivity index (χ2v) is 4.95. The van der Waals surface area contributed by atoms with Crippen molar-refractivity contribution in [1.29, 1.82) is 0 Å². The van der Waals surface area contributed by atoms with Gasteiger partial charge >= 0.3 is 6.18 Å². The second kappa shape index (κ2) is 7.31. The predicted molar refractivity (Wildman–Crippen MR) is 62.4 cm³/mol. The molecular weight excluding hydrogens is 247 g/mol. The van der Waals surface area contributed by atoms with Crippen molar-refractivity contribution in [2.45, 2.75) is 50.2 Å². The Bertz CT molecular complexity index is 228. The zero-order valence-corrected chi connectivity index (χ0v) is 10.6. The van der Waals surface area contributed by atoms with E-state index < -0.39 is 12.8 Å². The molecule has 6 heteroatoms. The van der Waals surface area contributed by atoms with Crippen LogP contribution in [0.3, 0.4) is 0 Å². The number of rotatable bonds is 7. The summed E-state index contributed by atoms with van der Waals surface area (Å²) in [5.74, 6) is 0. The van der Waals surface area contributed by atoms with Crippen LogP contribution in [0.1, 0.15) is 38.5 Å². The lowest BCUT2D eigenvalue weighted by molar-refractivity contribution is -0.174. The lowest BCUT2D eigenvalue weighted by Crippen LogP contribution is -2.50. The van der Waals surface area contributed by atoms with Gasteiger partial charge in [-0.1, -0.05) is 19.3 Å². The van der Waals surface area contributed by atoms with Crippen LogP contribution in [0.5, 0.6) is 0 Å². The Morgan fingerprint density at radius 2 is 1.83 bits per heavy atom. The predicted octanol–water partition coefficient (Wildman–Crippen LogP) is 2.24. The summed E-state index contributed by atoms with van der Waals surface area (Å²) in [6.07, 6.45) is 1.54. The minimum atomic E-state index is -4.25. The summed E-state index contributed by atoms with van der Waals surface area (Å²) < 4.78 is 39.9. The average Bonchev–Trinajstić information content (AvgIpc) is 2.33. The van der Waals surface area contributed by atoms with Gasteiger partial charge in [0.25, 0.3) is 0 Å². The normalized spacial score (nSPS) is 20.0. The van der Waals surface area contributed by atoms with E-state index in [2.05, 4.69) is 10.1 Å². The van der Waals surface area contributed by atoms with Crippen molar-refractivity contribution in [3.05, 3.63) is 0 Å². The summed E-state index contributed by atoms with van der Waals surface area (Å²) in [7, 11) is 0. The fourth-order valence-electron chi connectivity index (χ4n) is 2.34. The van der Waals surface area contributed by atoms with Gasteiger partial charge < -0.3 is 15.2 Å². The van der Waals surface area contributed by atoms with Crippen LogP contribution in [-0.4, -0.2) is 43.2 Å². The fourth-order valence-corrected chi connectivity index (χ4v) is 2.34. The van der Waals surface area contributed by atoms with Crippen LogP contribution < -0.4 is 5.32 Å².